The van der Waals surface area contributed by atoms with Crippen LogP contribution in [0.3, 0.4) is 0 Å². The molecule has 0 saturated heterocycles. The van der Waals surface area contributed by atoms with E-state index in [9.17, 15) is 14.3 Å². The number of aromatic nitrogens is 5. The van der Waals surface area contributed by atoms with Crippen LogP contribution < -0.4 is 4.74 Å². The molecule has 260 valence electrons. The molecule has 4 heterocycles. The summed E-state index contributed by atoms with van der Waals surface area (Å²) < 4.78 is 31.7. The number of thioether (sulfide) groups is 2. The van der Waals surface area contributed by atoms with Crippen LogP contribution in [0, 0.1) is 12.7 Å². The highest BCUT2D eigenvalue weighted by atomic mass is 35.5. The molecule has 0 aliphatic carbocycles. The molecule has 0 spiro atoms. The summed E-state index contributed by atoms with van der Waals surface area (Å²) in [5.41, 5.74) is 7.52. The van der Waals surface area contributed by atoms with Crippen LogP contribution >= 0.6 is 35.1 Å². The van der Waals surface area contributed by atoms with Gasteiger partial charge in [0.25, 0.3) is 0 Å². The van der Waals surface area contributed by atoms with Crippen molar-refractivity contribution in [2.24, 2.45) is 14.1 Å². The van der Waals surface area contributed by atoms with Crippen LogP contribution in [-0.2, 0) is 49.1 Å². The second kappa shape index (κ2) is 14.3. The summed E-state index contributed by atoms with van der Waals surface area (Å²) in [6, 6.07) is 14.7. The number of carbonyl (C=O) groups is 1. The van der Waals surface area contributed by atoms with E-state index in [-0.39, 0.29) is 12.4 Å². The Kier molecular flexibility index (Phi) is 9.89. The number of aryl methyl sites for hydroxylation is 4. The third-order valence-electron chi connectivity index (χ3n) is 9.16. The van der Waals surface area contributed by atoms with Crippen molar-refractivity contribution in [3.63, 3.8) is 0 Å². The molecule has 0 atom stereocenters. The minimum absolute atomic E-state index is 0.0622. The highest BCUT2D eigenvalue weighted by Gasteiger charge is 2.28. The Morgan fingerprint density at radius 3 is 2.68 bits per heavy atom. The molecule has 1 aliphatic heterocycles. The molecule has 3 aromatic carbocycles. The number of aliphatic hydroxyl groups excluding tert-OH is 1. The molecule has 7 rings (SSSR count). The standard InChI is InChI=1S/C37H37ClFN5O4S2/c1-21-33-31(44(40-21)11-12-45)20-49-18-24-16-25(43(3)41-24)19-50-26-15-22-14-23(39)7-8-27(22)32(17-26)48-13-5-6-28-29-9-10-30(38)34(33)35(29)42(2)36(28)37(46)47-4/h7-10,14-17,45H,5-6,11-13,18-20H2,1-4H3. The fourth-order valence-electron chi connectivity index (χ4n) is 6.93. The third-order valence-corrected chi connectivity index (χ3v) is 11.5. The number of methoxy groups -OCH3 is 1. The normalized spacial score (nSPS) is 14.1. The summed E-state index contributed by atoms with van der Waals surface area (Å²) in [5, 5.41) is 22.6. The molecule has 8 bridgehead atoms. The summed E-state index contributed by atoms with van der Waals surface area (Å²) >= 11 is 10.4. The Hall–Kier alpha value is -3.97. The van der Waals surface area contributed by atoms with Gasteiger partial charge in [-0.15, -0.1) is 23.5 Å². The first-order valence-corrected chi connectivity index (χ1v) is 18.8. The second-order valence-corrected chi connectivity index (χ2v) is 14.8. The highest BCUT2D eigenvalue weighted by Crippen LogP contribution is 2.43. The number of halogens is 2. The van der Waals surface area contributed by atoms with E-state index in [0.717, 1.165) is 66.0 Å². The van der Waals surface area contributed by atoms with Crippen molar-refractivity contribution >= 4 is 62.8 Å². The van der Waals surface area contributed by atoms with Crippen molar-refractivity contribution in [1.29, 1.82) is 0 Å². The second-order valence-electron chi connectivity index (χ2n) is 12.3. The molecule has 3 aromatic heterocycles. The molecule has 0 amide bonds. The van der Waals surface area contributed by atoms with Gasteiger partial charge >= 0.3 is 5.97 Å². The average Bonchev–Trinajstić information content (AvgIpc) is 3.70. The van der Waals surface area contributed by atoms with Gasteiger partial charge in [0.05, 0.1) is 54.5 Å². The van der Waals surface area contributed by atoms with Crippen LogP contribution in [0.4, 0.5) is 4.39 Å². The van der Waals surface area contributed by atoms with Crippen molar-refractivity contribution in [1.82, 2.24) is 24.1 Å². The number of nitrogens with zero attached hydrogens (tertiary/aromatic N) is 5. The van der Waals surface area contributed by atoms with Crippen LogP contribution in [0.15, 0.2) is 53.4 Å². The molecule has 9 nitrogen and oxygen atoms in total. The Bertz CT molecular complexity index is 2260. The number of hydrogen-bond donors (Lipinski definition) is 1. The molecular formula is C37H37ClFN5O4S2. The maximum absolute atomic E-state index is 14.3. The molecule has 0 unspecified atom stereocenters. The first-order valence-electron chi connectivity index (χ1n) is 16.3. The van der Waals surface area contributed by atoms with Crippen LogP contribution in [-0.4, -0.2) is 55.5 Å². The maximum Gasteiger partial charge on any atom is 0.354 e. The Labute approximate surface area is 302 Å². The summed E-state index contributed by atoms with van der Waals surface area (Å²) in [4.78, 5) is 14.3. The van der Waals surface area contributed by atoms with Gasteiger partial charge in [0.1, 0.15) is 17.3 Å². The lowest BCUT2D eigenvalue weighted by molar-refractivity contribution is 0.0589. The Balaban J connectivity index is 1.38. The number of benzene rings is 3. The average molecular weight is 734 g/mol. The molecule has 0 radical (unpaired) electrons. The van der Waals surface area contributed by atoms with Gasteiger partial charge in [0.2, 0.25) is 0 Å². The van der Waals surface area contributed by atoms with Gasteiger partial charge in [-0.1, -0.05) is 17.7 Å². The zero-order valence-corrected chi connectivity index (χ0v) is 30.6. The van der Waals surface area contributed by atoms with Crippen LogP contribution in [0.5, 0.6) is 5.75 Å². The number of carbonyl (C=O) groups excluding carboxylic acids is 1. The molecule has 50 heavy (non-hydrogen) atoms. The SMILES string of the molecule is COC(=O)c1c2c3ccc(Cl)c(c3n1C)-c1c(C)nn(CCO)c1CSCc1cc(n(C)n1)CSc1cc(c3ccc(F)cc3c1)OCCC2. The van der Waals surface area contributed by atoms with Gasteiger partial charge in [0.15, 0.2) is 0 Å². The van der Waals surface area contributed by atoms with Crippen molar-refractivity contribution in [3.8, 4) is 16.9 Å². The largest absolute Gasteiger partial charge is 0.493 e. The van der Waals surface area contributed by atoms with Crippen LogP contribution in [0.25, 0.3) is 32.8 Å². The molecule has 0 fully saturated rings. The Morgan fingerprint density at radius 2 is 1.88 bits per heavy atom. The fraction of sp³-hybridized carbons (Fsp3) is 0.324. The van der Waals surface area contributed by atoms with Crippen molar-refractivity contribution in [3.05, 3.63) is 93.4 Å². The fourth-order valence-corrected chi connectivity index (χ4v) is 9.10. The van der Waals surface area contributed by atoms with E-state index in [0.29, 0.717) is 59.7 Å². The van der Waals surface area contributed by atoms with Crippen molar-refractivity contribution in [2.75, 3.05) is 20.3 Å². The van der Waals surface area contributed by atoms with Gasteiger partial charge in [-0.25, -0.2) is 9.18 Å². The zero-order chi connectivity index (χ0) is 35.1. The maximum atomic E-state index is 14.3. The minimum Gasteiger partial charge on any atom is -0.493 e. The Morgan fingerprint density at radius 1 is 1.06 bits per heavy atom. The summed E-state index contributed by atoms with van der Waals surface area (Å²) in [5.74, 6) is 1.87. The van der Waals surface area contributed by atoms with Gasteiger partial charge in [-0.05, 0) is 73.2 Å². The van der Waals surface area contributed by atoms with Crippen molar-refractivity contribution < 1.29 is 23.8 Å². The van der Waals surface area contributed by atoms with Crippen LogP contribution in [0.1, 0.15) is 45.2 Å². The number of esters is 1. The van der Waals surface area contributed by atoms with E-state index in [1.165, 1.54) is 19.2 Å². The van der Waals surface area contributed by atoms with Gasteiger partial charge < -0.3 is 19.1 Å². The zero-order valence-electron chi connectivity index (χ0n) is 28.3. The van der Waals surface area contributed by atoms with E-state index >= 15 is 0 Å². The number of hydrogen-bond acceptors (Lipinski definition) is 8. The van der Waals surface area contributed by atoms with E-state index in [1.54, 1.807) is 29.6 Å². The molecule has 13 heteroatoms. The lowest BCUT2D eigenvalue weighted by Gasteiger charge is -2.13. The molecular weight excluding hydrogens is 697 g/mol. The quantitative estimate of drug-likeness (QED) is 0.184. The van der Waals surface area contributed by atoms with Gasteiger partial charge in [-0.2, -0.15) is 10.2 Å². The topological polar surface area (TPSA) is 96.3 Å². The molecule has 1 aliphatic rings. The summed E-state index contributed by atoms with van der Waals surface area (Å²) in [6.45, 7) is 2.60. The highest BCUT2D eigenvalue weighted by molar-refractivity contribution is 7.98. The first kappa shape index (κ1) is 34.5. The number of aliphatic hydroxyl groups is 1. The van der Waals surface area contributed by atoms with Crippen molar-refractivity contribution in [2.45, 2.75) is 48.5 Å². The lowest BCUT2D eigenvalue weighted by atomic mass is 9.98. The smallest absolute Gasteiger partial charge is 0.354 e. The number of ether oxygens (including phenoxy) is 2. The minimum atomic E-state index is -0.438. The lowest BCUT2D eigenvalue weighted by Crippen LogP contribution is -2.11. The van der Waals surface area contributed by atoms with Gasteiger partial charge in [-0.3, -0.25) is 9.36 Å². The van der Waals surface area contributed by atoms with E-state index < -0.39 is 5.97 Å². The van der Waals surface area contributed by atoms with Crippen LogP contribution in [0.2, 0.25) is 5.02 Å². The number of fused-ring (bicyclic) bond motifs is 8. The van der Waals surface area contributed by atoms with Gasteiger partial charge in [0, 0.05) is 63.8 Å². The predicted octanol–water partition coefficient (Wildman–Crippen LogP) is 7.86. The molecule has 0 saturated carbocycles. The van der Waals surface area contributed by atoms with E-state index in [1.807, 2.05) is 59.2 Å². The van der Waals surface area contributed by atoms with E-state index in [2.05, 4.69) is 6.07 Å². The molecule has 1 N–H and O–H groups in total. The third kappa shape index (κ3) is 6.38. The number of rotatable bonds is 3. The predicted molar refractivity (Wildman–Crippen MR) is 198 cm³/mol. The first-order chi connectivity index (χ1) is 24.2. The summed E-state index contributed by atoms with van der Waals surface area (Å²) in [7, 11) is 5.20. The molecule has 6 aromatic rings. The monoisotopic (exact) mass is 733 g/mol. The summed E-state index contributed by atoms with van der Waals surface area (Å²) in [6.07, 6.45) is 1.15. The van der Waals surface area contributed by atoms with E-state index in [4.69, 9.17) is 31.3 Å².